The van der Waals surface area contributed by atoms with E-state index in [4.69, 9.17) is 4.74 Å². The number of hydrogen-bond acceptors (Lipinski definition) is 4. The number of nitrogens with zero attached hydrogens (tertiary/aromatic N) is 2. The van der Waals surface area contributed by atoms with Gasteiger partial charge in [0.25, 0.3) is 0 Å². The molecule has 0 bridgehead atoms. The summed E-state index contributed by atoms with van der Waals surface area (Å²) in [5.41, 5.74) is 2.30. The molecule has 0 N–H and O–H groups in total. The number of alkyl halides is 3. The largest absolute Gasteiger partial charge is 0.471 e. The molecule has 2 aromatic carbocycles. The van der Waals surface area contributed by atoms with Crippen molar-refractivity contribution in [3.63, 3.8) is 0 Å². The van der Waals surface area contributed by atoms with Gasteiger partial charge in [0, 0.05) is 11.6 Å². The van der Waals surface area contributed by atoms with Gasteiger partial charge in [-0.15, -0.1) is 0 Å². The van der Waals surface area contributed by atoms with Crippen LogP contribution in [0.25, 0.3) is 11.4 Å². The van der Waals surface area contributed by atoms with Crippen LogP contribution in [-0.2, 0) is 6.18 Å². The average molecular weight is 333 g/mol. The monoisotopic (exact) mass is 333 g/mol. The van der Waals surface area contributed by atoms with Crippen LogP contribution < -0.4 is 4.74 Å². The lowest BCUT2D eigenvalue weighted by Crippen LogP contribution is -2.04. The molecule has 0 unspecified atom stereocenters. The Bertz CT molecular complexity index is 872. The topological polar surface area (TPSA) is 48.2 Å². The van der Waals surface area contributed by atoms with Gasteiger partial charge in [0.15, 0.2) is 0 Å². The predicted octanol–water partition coefficient (Wildman–Crippen LogP) is 4.96. The molecule has 0 saturated carbocycles. The molecule has 123 valence electrons. The van der Waals surface area contributed by atoms with E-state index < -0.39 is 12.1 Å². The highest BCUT2D eigenvalue weighted by atomic mass is 19.4. The van der Waals surface area contributed by atoms with Gasteiger partial charge in [0.1, 0.15) is 11.5 Å². The molecule has 7 heteroatoms. The predicted molar refractivity (Wildman–Crippen MR) is 79.6 cm³/mol. The van der Waals surface area contributed by atoms with Crippen LogP contribution in [-0.4, -0.2) is 10.1 Å². The van der Waals surface area contributed by atoms with E-state index in [0.717, 1.165) is 11.1 Å². The number of benzene rings is 2. The van der Waals surface area contributed by atoms with Crippen LogP contribution >= 0.6 is 0 Å². The molecule has 0 atom stereocenters. The first-order chi connectivity index (χ1) is 11.3. The molecule has 3 aromatic rings. The molecule has 0 saturated heterocycles. The second kappa shape index (κ2) is 5.99. The minimum atomic E-state index is -4.68. The zero-order chi connectivity index (χ0) is 17.3. The summed E-state index contributed by atoms with van der Waals surface area (Å²) >= 11 is 0. The molecule has 0 aliphatic heterocycles. The number of ether oxygens (including phenoxy) is 1. The Balaban J connectivity index is 1.89. The summed E-state index contributed by atoms with van der Waals surface area (Å²) in [6, 6.07) is 13.2. The first-order valence-electron chi connectivity index (χ1n) is 7.01. The molecule has 1 radical (unpaired) electrons. The fraction of sp³-hybridized carbons (Fsp3) is 0.176. The van der Waals surface area contributed by atoms with Gasteiger partial charge < -0.3 is 9.26 Å². The minimum absolute atomic E-state index is 0.165. The van der Waals surface area contributed by atoms with E-state index in [2.05, 4.69) is 20.7 Å². The van der Waals surface area contributed by atoms with Gasteiger partial charge >= 0.3 is 12.1 Å². The lowest BCUT2D eigenvalue weighted by Gasteiger charge is -2.09. The van der Waals surface area contributed by atoms with Crippen LogP contribution in [0.3, 0.4) is 0 Å². The maximum absolute atomic E-state index is 12.5. The number of aromatic nitrogens is 2. The van der Waals surface area contributed by atoms with E-state index in [9.17, 15) is 13.2 Å². The fourth-order valence-electron chi connectivity index (χ4n) is 2.03. The van der Waals surface area contributed by atoms with E-state index in [1.165, 1.54) is 18.2 Å². The SMILES string of the molecule is Cc1ccc(C)c(Oc2[c]ccc(-c3noc(C(F)(F)F)n3)c2)c1. The van der Waals surface area contributed by atoms with Crippen molar-refractivity contribution in [2.45, 2.75) is 20.0 Å². The number of halogens is 3. The van der Waals surface area contributed by atoms with Gasteiger partial charge in [0.2, 0.25) is 5.82 Å². The van der Waals surface area contributed by atoms with E-state index in [0.29, 0.717) is 17.1 Å². The van der Waals surface area contributed by atoms with Gasteiger partial charge in [-0.2, -0.15) is 18.2 Å². The molecule has 1 aromatic heterocycles. The summed E-state index contributed by atoms with van der Waals surface area (Å²) in [5.74, 6) is -0.559. The van der Waals surface area contributed by atoms with E-state index in [1.54, 1.807) is 0 Å². The van der Waals surface area contributed by atoms with Crippen LogP contribution in [0.4, 0.5) is 13.2 Å². The summed E-state index contributed by atoms with van der Waals surface area (Å²) in [4.78, 5) is 3.36. The molecular formula is C17H12F3N2O2. The van der Waals surface area contributed by atoms with Gasteiger partial charge in [-0.3, -0.25) is 0 Å². The maximum atomic E-state index is 12.5. The second-order valence-corrected chi connectivity index (χ2v) is 5.23. The molecule has 0 aliphatic rings. The summed E-state index contributed by atoms with van der Waals surface area (Å²) in [5, 5.41) is 3.36. The quantitative estimate of drug-likeness (QED) is 0.679. The zero-order valence-electron chi connectivity index (χ0n) is 12.8. The Morgan fingerprint density at radius 2 is 1.92 bits per heavy atom. The number of aryl methyl sites for hydroxylation is 2. The lowest BCUT2D eigenvalue weighted by atomic mass is 10.1. The fourth-order valence-corrected chi connectivity index (χ4v) is 2.03. The standard InChI is InChI=1S/C17H12F3N2O2/c1-10-6-7-11(2)14(8-10)23-13-5-3-4-12(9-13)15-21-16(24-22-15)17(18,19)20/h3-4,6-9H,1-2H3. The van der Waals surface area contributed by atoms with Crippen molar-refractivity contribution in [2.24, 2.45) is 0 Å². The molecule has 1 heterocycles. The summed E-state index contributed by atoms with van der Waals surface area (Å²) in [7, 11) is 0. The van der Waals surface area contributed by atoms with Crippen molar-refractivity contribution < 1.29 is 22.4 Å². The highest BCUT2D eigenvalue weighted by Crippen LogP contribution is 2.31. The van der Waals surface area contributed by atoms with Crippen molar-refractivity contribution in [1.82, 2.24) is 10.1 Å². The molecule has 0 spiro atoms. The van der Waals surface area contributed by atoms with E-state index in [1.807, 2.05) is 32.0 Å². The maximum Gasteiger partial charge on any atom is 0.471 e. The third-order valence-corrected chi connectivity index (χ3v) is 3.27. The zero-order valence-corrected chi connectivity index (χ0v) is 12.8. The highest BCUT2D eigenvalue weighted by Gasteiger charge is 2.38. The van der Waals surface area contributed by atoms with Gasteiger partial charge in [-0.05, 0) is 43.2 Å². The summed E-state index contributed by atoms with van der Waals surface area (Å²) in [6.07, 6.45) is -4.68. The normalized spacial score (nSPS) is 11.5. The van der Waals surface area contributed by atoms with E-state index >= 15 is 0 Å². The van der Waals surface area contributed by atoms with Crippen molar-refractivity contribution in [2.75, 3.05) is 0 Å². The Hall–Kier alpha value is -2.83. The van der Waals surface area contributed by atoms with Crippen molar-refractivity contribution in [3.05, 3.63) is 59.5 Å². The molecule has 24 heavy (non-hydrogen) atoms. The van der Waals surface area contributed by atoms with Gasteiger partial charge in [-0.1, -0.05) is 23.4 Å². The van der Waals surface area contributed by atoms with Gasteiger partial charge in [-0.25, -0.2) is 0 Å². The molecule has 0 aliphatic carbocycles. The van der Waals surface area contributed by atoms with Crippen LogP contribution in [0.5, 0.6) is 11.5 Å². The van der Waals surface area contributed by atoms with Crippen LogP contribution in [0.15, 0.2) is 40.9 Å². The van der Waals surface area contributed by atoms with Crippen molar-refractivity contribution >= 4 is 0 Å². The first kappa shape index (κ1) is 16.0. The van der Waals surface area contributed by atoms with E-state index in [-0.39, 0.29) is 5.82 Å². The number of rotatable bonds is 3. The Morgan fingerprint density at radius 1 is 1.12 bits per heavy atom. The number of hydrogen-bond donors (Lipinski definition) is 0. The van der Waals surface area contributed by atoms with Crippen molar-refractivity contribution in [1.29, 1.82) is 0 Å². The Morgan fingerprint density at radius 3 is 2.62 bits per heavy atom. The third-order valence-electron chi connectivity index (χ3n) is 3.27. The minimum Gasteiger partial charge on any atom is -0.456 e. The Labute approximate surface area is 135 Å². The first-order valence-corrected chi connectivity index (χ1v) is 7.01. The molecule has 0 amide bonds. The highest BCUT2D eigenvalue weighted by molar-refractivity contribution is 5.57. The second-order valence-electron chi connectivity index (χ2n) is 5.23. The van der Waals surface area contributed by atoms with Crippen molar-refractivity contribution in [3.8, 4) is 22.9 Å². The lowest BCUT2D eigenvalue weighted by molar-refractivity contribution is -0.159. The Kier molecular flexibility index (Phi) is 4.01. The molecular weight excluding hydrogens is 321 g/mol. The molecule has 4 nitrogen and oxygen atoms in total. The van der Waals surface area contributed by atoms with Crippen LogP contribution in [0.2, 0.25) is 0 Å². The van der Waals surface area contributed by atoms with Gasteiger partial charge in [0.05, 0.1) is 0 Å². The molecule has 3 rings (SSSR count). The molecule has 0 fully saturated rings. The van der Waals surface area contributed by atoms with Crippen LogP contribution in [0.1, 0.15) is 17.0 Å². The summed E-state index contributed by atoms with van der Waals surface area (Å²) in [6.45, 7) is 3.83. The average Bonchev–Trinajstić information content (AvgIpc) is 3.01. The third kappa shape index (κ3) is 3.40. The summed E-state index contributed by atoms with van der Waals surface area (Å²) < 4.78 is 47.6. The smallest absolute Gasteiger partial charge is 0.456 e. The van der Waals surface area contributed by atoms with Crippen LogP contribution in [0, 0.1) is 19.9 Å².